The molecule has 0 amide bonds. The molecular formula is C24H24O9. The second-order valence-corrected chi connectivity index (χ2v) is 7.11. The molecule has 2 aromatic heterocycles. The zero-order valence-electron chi connectivity index (χ0n) is 19.1. The minimum Gasteiger partial charge on any atom is -0.507 e. The first kappa shape index (κ1) is 23.5. The SMILES string of the molecule is COc1c(C(C)=O)c(O)c(C)c2occc12.COc1c(C(C)=O)c(O)c(OC)c2occc12. The van der Waals surface area contributed by atoms with E-state index in [2.05, 4.69) is 0 Å². The Kier molecular flexibility index (Phi) is 6.52. The van der Waals surface area contributed by atoms with Gasteiger partial charge in [0.25, 0.3) is 0 Å². The monoisotopic (exact) mass is 456 g/mol. The molecule has 2 N–H and O–H groups in total. The van der Waals surface area contributed by atoms with E-state index in [0.29, 0.717) is 39.0 Å². The quantitative estimate of drug-likeness (QED) is 0.398. The largest absolute Gasteiger partial charge is 0.507 e. The van der Waals surface area contributed by atoms with Gasteiger partial charge in [-0.2, -0.15) is 0 Å². The van der Waals surface area contributed by atoms with Crippen LogP contribution < -0.4 is 14.2 Å². The molecule has 0 fully saturated rings. The Morgan fingerprint density at radius 2 is 1.15 bits per heavy atom. The van der Waals surface area contributed by atoms with Gasteiger partial charge in [0.05, 0.1) is 44.6 Å². The molecule has 0 spiro atoms. The molecule has 0 saturated heterocycles. The van der Waals surface area contributed by atoms with E-state index in [4.69, 9.17) is 23.0 Å². The van der Waals surface area contributed by atoms with E-state index in [-0.39, 0.29) is 39.9 Å². The molecule has 33 heavy (non-hydrogen) atoms. The summed E-state index contributed by atoms with van der Waals surface area (Å²) in [5.41, 5.74) is 1.74. The molecule has 0 radical (unpaired) electrons. The summed E-state index contributed by atoms with van der Waals surface area (Å²) >= 11 is 0. The Morgan fingerprint density at radius 1 is 0.727 bits per heavy atom. The molecule has 9 nitrogen and oxygen atoms in total. The molecule has 0 bridgehead atoms. The molecular weight excluding hydrogens is 432 g/mol. The molecule has 9 heteroatoms. The predicted octanol–water partition coefficient (Wildman–Crippen LogP) is 5.02. The van der Waals surface area contributed by atoms with Crippen LogP contribution in [0.25, 0.3) is 21.9 Å². The van der Waals surface area contributed by atoms with Crippen molar-refractivity contribution in [3.8, 4) is 28.7 Å². The lowest BCUT2D eigenvalue weighted by molar-refractivity contribution is 0.0998. The fourth-order valence-electron chi connectivity index (χ4n) is 3.71. The van der Waals surface area contributed by atoms with Gasteiger partial charge in [0.1, 0.15) is 34.0 Å². The minimum atomic E-state index is -0.305. The lowest BCUT2D eigenvalue weighted by Gasteiger charge is -2.12. The molecule has 2 aromatic carbocycles. The van der Waals surface area contributed by atoms with Crippen molar-refractivity contribution in [2.45, 2.75) is 20.8 Å². The van der Waals surface area contributed by atoms with Gasteiger partial charge in [-0.3, -0.25) is 9.59 Å². The first-order valence-electron chi connectivity index (χ1n) is 9.82. The molecule has 4 aromatic rings. The molecule has 0 saturated carbocycles. The highest BCUT2D eigenvalue weighted by Crippen LogP contribution is 2.45. The molecule has 4 rings (SSSR count). The molecule has 0 unspecified atom stereocenters. The van der Waals surface area contributed by atoms with E-state index in [1.807, 2.05) is 0 Å². The summed E-state index contributed by atoms with van der Waals surface area (Å²) < 4.78 is 25.9. The van der Waals surface area contributed by atoms with Crippen LogP contribution in [-0.2, 0) is 0 Å². The number of phenolic OH excluding ortho intramolecular Hbond substituents is 2. The number of benzene rings is 2. The summed E-state index contributed by atoms with van der Waals surface area (Å²) in [7, 11) is 4.29. The predicted molar refractivity (Wildman–Crippen MR) is 120 cm³/mol. The number of carbonyl (C=O) groups excluding carboxylic acids is 2. The second kappa shape index (κ2) is 9.15. The fraction of sp³-hybridized carbons (Fsp3) is 0.250. The normalized spacial score (nSPS) is 10.6. The maximum atomic E-state index is 11.6. The smallest absolute Gasteiger partial charge is 0.205 e. The van der Waals surface area contributed by atoms with Gasteiger partial charge < -0.3 is 33.3 Å². The van der Waals surface area contributed by atoms with E-state index in [1.165, 1.54) is 47.7 Å². The van der Waals surface area contributed by atoms with Gasteiger partial charge >= 0.3 is 0 Å². The van der Waals surface area contributed by atoms with E-state index < -0.39 is 0 Å². The van der Waals surface area contributed by atoms with Crippen molar-refractivity contribution in [1.82, 2.24) is 0 Å². The molecule has 2 heterocycles. The summed E-state index contributed by atoms with van der Waals surface area (Å²) in [6, 6.07) is 3.37. The van der Waals surface area contributed by atoms with E-state index in [9.17, 15) is 19.8 Å². The maximum absolute atomic E-state index is 11.6. The number of furan rings is 2. The Labute approximate surface area is 189 Å². The number of ketones is 2. The van der Waals surface area contributed by atoms with Crippen molar-refractivity contribution in [3.63, 3.8) is 0 Å². The topological polar surface area (TPSA) is 129 Å². The van der Waals surface area contributed by atoms with Crippen LogP contribution in [0.3, 0.4) is 0 Å². The first-order chi connectivity index (χ1) is 15.7. The summed E-state index contributed by atoms with van der Waals surface area (Å²) in [4.78, 5) is 23.0. The minimum absolute atomic E-state index is 0.0770. The standard InChI is InChI=1S/C12H12O5.C12H12O4/c1-6(13)8-9(14)12(16-3)11-7(4-5-17-11)10(8)15-2;1-6-10(14)9(7(2)13)12(15-3)8-4-5-16-11(6)8/h4-5,14H,1-3H3;4-5,14H,1-3H3. The Morgan fingerprint density at radius 3 is 1.61 bits per heavy atom. The summed E-state index contributed by atoms with van der Waals surface area (Å²) in [5.74, 6) is -0.0951. The number of Topliss-reactive ketones (excluding diaryl/α,β-unsaturated/α-hetero) is 2. The average molecular weight is 456 g/mol. The third kappa shape index (κ3) is 3.82. The Hall–Kier alpha value is -4.14. The molecule has 0 aliphatic heterocycles. The summed E-state index contributed by atoms with van der Waals surface area (Å²) in [6.07, 6.45) is 2.95. The number of aromatic hydroxyl groups is 2. The van der Waals surface area contributed by atoms with Crippen LogP contribution in [0.1, 0.15) is 40.1 Å². The van der Waals surface area contributed by atoms with Crippen molar-refractivity contribution in [2.24, 2.45) is 0 Å². The third-order valence-corrected chi connectivity index (χ3v) is 5.18. The van der Waals surface area contributed by atoms with Gasteiger partial charge in [0, 0.05) is 5.56 Å². The van der Waals surface area contributed by atoms with Crippen LogP contribution in [0.15, 0.2) is 33.5 Å². The van der Waals surface area contributed by atoms with Crippen LogP contribution in [0.4, 0.5) is 0 Å². The number of ether oxygens (including phenoxy) is 3. The number of aryl methyl sites for hydroxylation is 1. The van der Waals surface area contributed by atoms with Crippen molar-refractivity contribution in [3.05, 3.63) is 41.3 Å². The zero-order chi connectivity index (χ0) is 24.4. The second-order valence-electron chi connectivity index (χ2n) is 7.11. The number of rotatable bonds is 5. The van der Waals surface area contributed by atoms with E-state index >= 15 is 0 Å². The molecule has 0 atom stereocenters. The van der Waals surface area contributed by atoms with Crippen LogP contribution in [-0.4, -0.2) is 43.1 Å². The lowest BCUT2D eigenvalue weighted by atomic mass is 10.0. The Balaban J connectivity index is 0.000000186. The van der Waals surface area contributed by atoms with Gasteiger partial charge in [-0.05, 0) is 32.9 Å². The highest BCUT2D eigenvalue weighted by atomic mass is 16.5. The fourth-order valence-corrected chi connectivity index (χ4v) is 3.71. The van der Waals surface area contributed by atoms with Crippen LogP contribution >= 0.6 is 0 Å². The zero-order valence-corrected chi connectivity index (χ0v) is 19.1. The number of hydrogen-bond donors (Lipinski definition) is 2. The Bertz CT molecular complexity index is 1360. The molecule has 174 valence electrons. The number of hydrogen-bond acceptors (Lipinski definition) is 9. The highest BCUT2D eigenvalue weighted by Gasteiger charge is 2.25. The van der Waals surface area contributed by atoms with Crippen molar-refractivity contribution in [2.75, 3.05) is 21.3 Å². The van der Waals surface area contributed by atoms with Crippen LogP contribution in [0.5, 0.6) is 28.7 Å². The van der Waals surface area contributed by atoms with Gasteiger partial charge in [0.15, 0.2) is 22.9 Å². The van der Waals surface area contributed by atoms with Crippen LogP contribution in [0.2, 0.25) is 0 Å². The van der Waals surface area contributed by atoms with Crippen LogP contribution in [0, 0.1) is 6.92 Å². The lowest BCUT2D eigenvalue weighted by Crippen LogP contribution is -2.00. The maximum Gasteiger partial charge on any atom is 0.205 e. The van der Waals surface area contributed by atoms with Crippen molar-refractivity contribution < 1.29 is 42.8 Å². The first-order valence-corrected chi connectivity index (χ1v) is 9.82. The molecule has 0 aliphatic rings. The number of fused-ring (bicyclic) bond motifs is 2. The molecule has 0 aliphatic carbocycles. The van der Waals surface area contributed by atoms with E-state index in [1.54, 1.807) is 19.1 Å². The summed E-state index contributed by atoms with van der Waals surface area (Å²) in [6.45, 7) is 4.44. The van der Waals surface area contributed by atoms with Gasteiger partial charge in [-0.1, -0.05) is 0 Å². The highest BCUT2D eigenvalue weighted by molar-refractivity contribution is 6.08. The summed E-state index contributed by atoms with van der Waals surface area (Å²) in [5, 5.41) is 21.2. The van der Waals surface area contributed by atoms with Gasteiger partial charge in [-0.25, -0.2) is 0 Å². The number of carbonyl (C=O) groups is 2. The number of phenols is 2. The van der Waals surface area contributed by atoms with Gasteiger partial charge in [0.2, 0.25) is 5.75 Å². The van der Waals surface area contributed by atoms with E-state index in [0.717, 1.165) is 0 Å². The van der Waals surface area contributed by atoms with Gasteiger partial charge in [-0.15, -0.1) is 0 Å². The van der Waals surface area contributed by atoms with Crippen molar-refractivity contribution in [1.29, 1.82) is 0 Å². The average Bonchev–Trinajstić information content (AvgIpc) is 3.45. The third-order valence-electron chi connectivity index (χ3n) is 5.18. The van der Waals surface area contributed by atoms with Crippen molar-refractivity contribution >= 4 is 33.5 Å². The number of methoxy groups -OCH3 is 3.